The summed E-state index contributed by atoms with van der Waals surface area (Å²) in [6.45, 7) is 2.23. The molecular weight excluding hydrogens is 130 g/mol. The summed E-state index contributed by atoms with van der Waals surface area (Å²) in [5.74, 6) is -0.194. The van der Waals surface area contributed by atoms with E-state index in [1.807, 2.05) is 6.21 Å². The molecule has 1 heterocycles. The van der Waals surface area contributed by atoms with Crippen LogP contribution in [0, 0.1) is 0 Å². The molecule has 1 aliphatic rings. The van der Waals surface area contributed by atoms with Crippen molar-refractivity contribution in [2.45, 2.75) is 25.9 Å². The second-order valence-corrected chi connectivity index (χ2v) is 2.34. The van der Waals surface area contributed by atoms with Crippen molar-refractivity contribution in [2.75, 3.05) is 6.54 Å². The molecule has 10 heavy (non-hydrogen) atoms. The molecule has 0 aliphatic carbocycles. The Hall–Kier alpha value is -0.860. The van der Waals surface area contributed by atoms with Gasteiger partial charge >= 0.3 is 5.97 Å². The van der Waals surface area contributed by atoms with E-state index in [9.17, 15) is 4.79 Å². The Balaban J connectivity index is 2.28. The molecule has 0 saturated heterocycles. The zero-order chi connectivity index (χ0) is 7.40. The average molecular weight is 141 g/mol. The van der Waals surface area contributed by atoms with Gasteiger partial charge in [0.15, 0.2) is 0 Å². The molecule has 1 atom stereocenters. The largest absolute Gasteiger partial charge is 0.462 e. The van der Waals surface area contributed by atoms with Crippen molar-refractivity contribution >= 4 is 12.2 Å². The minimum Gasteiger partial charge on any atom is -0.462 e. The first-order valence-electron chi connectivity index (χ1n) is 3.44. The van der Waals surface area contributed by atoms with Crippen molar-refractivity contribution < 1.29 is 9.53 Å². The summed E-state index contributed by atoms with van der Waals surface area (Å²) >= 11 is 0. The normalized spacial score (nSPS) is 24.3. The molecule has 0 aromatic carbocycles. The molecule has 1 aliphatic heterocycles. The van der Waals surface area contributed by atoms with Gasteiger partial charge < -0.3 is 4.74 Å². The quantitative estimate of drug-likeness (QED) is 0.506. The number of ether oxygens (including phenoxy) is 1. The Kier molecular flexibility index (Phi) is 2.42. The number of hydrogen-bond donors (Lipinski definition) is 0. The topological polar surface area (TPSA) is 38.7 Å². The van der Waals surface area contributed by atoms with Gasteiger partial charge in [-0.2, -0.15) is 0 Å². The van der Waals surface area contributed by atoms with Crippen LogP contribution in [0.4, 0.5) is 0 Å². The van der Waals surface area contributed by atoms with Crippen LogP contribution in [0.25, 0.3) is 0 Å². The van der Waals surface area contributed by atoms with Crippen molar-refractivity contribution in [1.82, 2.24) is 0 Å². The zero-order valence-corrected chi connectivity index (χ0v) is 6.04. The minimum atomic E-state index is -0.194. The number of carbonyl (C=O) groups excluding carboxylic acids is 1. The summed E-state index contributed by atoms with van der Waals surface area (Å²) in [7, 11) is 0. The van der Waals surface area contributed by atoms with Crippen molar-refractivity contribution in [2.24, 2.45) is 4.99 Å². The molecule has 0 N–H and O–H groups in total. The molecule has 0 aromatic heterocycles. The van der Waals surface area contributed by atoms with Gasteiger partial charge in [-0.1, -0.05) is 0 Å². The lowest BCUT2D eigenvalue weighted by atomic mass is 10.1. The monoisotopic (exact) mass is 141 g/mol. The third kappa shape index (κ3) is 2.17. The maximum absolute atomic E-state index is 10.4. The van der Waals surface area contributed by atoms with Crippen molar-refractivity contribution in [3.05, 3.63) is 0 Å². The summed E-state index contributed by atoms with van der Waals surface area (Å²) in [4.78, 5) is 14.5. The van der Waals surface area contributed by atoms with Gasteiger partial charge in [-0.25, -0.2) is 0 Å². The third-order valence-electron chi connectivity index (χ3n) is 1.41. The maximum Gasteiger partial charge on any atom is 0.302 e. The van der Waals surface area contributed by atoms with E-state index in [0.717, 1.165) is 19.4 Å². The highest BCUT2D eigenvalue weighted by Crippen LogP contribution is 2.06. The average Bonchev–Trinajstić information content (AvgIpc) is 1.88. The Morgan fingerprint density at radius 3 is 3.10 bits per heavy atom. The summed E-state index contributed by atoms with van der Waals surface area (Å²) in [5.41, 5.74) is 0. The van der Waals surface area contributed by atoms with Crippen molar-refractivity contribution in [3.8, 4) is 0 Å². The second-order valence-electron chi connectivity index (χ2n) is 2.34. The van der Waals surface area contributed by atoms with Gasteiger partial charge in [0.05, 0.1) is 0 Å². The molecule has 0 saturated carbocycles. The minimum absolute atomic E-state index is 0.0787. The fourth-order valence-corrected chi connectivity index (χ4v) is 0.962. The second kappa shape index (κ2) is 3.34. The molecule has 0 amide bonds. The first kappa shape index (κ1) is 7.25. The van der Waals surface area contributed by atoms with Gasteiger partial charge in [0.25, 0.3) is 0 Å². The van der Waals surface area contributed by atoms with Gasteiger partial charge in [0, 0.05) is 32.5 Å². The molecule has 56 valence electrons. The van der Waals surface area contributed by atoms with Crippen LogP contribution in [0.1, 0.15) is 19.8 Å². The van der Waals surface area contributed by atoms with Crippen molar-refractivity contribution in [1.29, 1.82) is 0 Å². The summed E-state index contributed by atoms with van der Waals surface area (Å²) < 4.78 is 4.96. The van der Waals surface area contributed by atoms with Gasteiger partial charge in [-0.05, 0) is 0 Å². The number of rotatable bonds is 1. The summed E-state index contributed by atoms with van der Waals surface area (Å²) in [6.07, 6.45) is 3.54. The molecule has 1 unspecified atom stereocenters. The maximum atomic E-state index is 10.4. The lowest BCUT2D eigenvalue weighted by molar-refractivity contribution is -0.146. The van der Waals surface area contributed by atoms with Crippen LogP contribution in [-0.4, -0.2) is 24.8 Å². The van der Waals surface area contributed by atoms with Crippen LogP contribution >= 0.6 is 0 Å². The Labute approximate surface area is 60.1 Å². The van der Waals surface area contributed by atoms with E-state index in [2.05, 4.69) is 4.99 Å². The van der Waals surface area contributed by atoms with Crippen LogP contribution in [0.2, 0.25) is 0 Å². The predicted molar refractivity (Wildman–Crippen MR) is 38.1 cm³/mol. The number of aliphatic imine (C=N–C) groups is 1. The fourth-order valence-electron chi connectivity index (χ4n) is 0.962. The highest BCUT2D eigenvalue weighted by molar-refractivity contribution is 5.67. The molecule has 0 aromatic rings. The highest BCUT2D eigenvalue weighted by atomic mass is 16.5. The Bertz CT molecular complexity index is 154. The van der Waals surface area contributed by atoms with Gasteiger partial charge in [-0.15, -0.1) is 0 Å². The molecule has 3 heteroatoms. The van der Waals surface area contributed by atoms with E-state index in [0.29, 0.717) is 0 Å². The first-order chi connectivity index (χ1) is 4.79. The fraction of sp³-hybridized carbons (Fsp3) is 0.714. The molecular formula is C7H11NO2. The van der Waals surface area contributed by atoms with Gasteiger partial charge in [0.1, 0.15) is 6.10 Å². The van der Waals surface area contributed by atoms with E-state index in [4.69, 9.17) is 4.74 Å². The smallest absolute Gasteiger partial charge is 0.302 e. The van der Waals surface area contributed by atoms with Gasteiger partial charge in [-0.3, -0.25) is 9.79 Å². The molecule has 0 spiro atoms. The van der Waals surface area contributed by atoms with Crippen LogP contribution in [-0.2, 0) is 9.53 Å². The van der Waals surface area contributed by atoms with E-state index in [1.54, 1.807) is 0 Å². The molecule has 1 rings (SSSR count). The lowest BCUT2D eigenvalue weighted by Gasteiger charge is -2.16. The summed E-state index contributed by atoms with van der Waals surface area (Å²) in [6, 6.07) is 0. The molecule has 0 bridgehead atoms. The standard InChI is InChI=1S/C7H11NO2/c1-6(9)10-7-2-4-8-5-3-7/h4,7H,2-3,5H2,1H3. The number of hydrogen-bond acceptors (Lipinski definition) is 3. The number of nitrogens with zero attached hydrogens (tertiary/aromatic N) is 1. The molecule has 0 radical (unpaired) electrons. The third-order valence-corrected chi connectivity index (χ3v) is 1.41. The molecule has 3 nitrogen and oxygen atoms in total. The van der Waals surface area contributed by atoms with Crippen molar-refractivity contribution in [3.63, 3.8) is 0 Å². The predicted octanol–water partition coefficient (Wildman–Crippen LogP) is 0.783. The number of carbonyl (C=O) groups is 1. The highest BCUT2D eigenvalue weighted by Gasteiger charge is 2.12. The van der Waals surface area contributed by atoms with E-state index in [-0.39, 0.29) is 12.1 Å². The van der Waals surface area contributed by atoms with E-state index < -0.39 is 0 Å². The van der Waals surface area contributed by atoms with E-state index in [1.165, 1.54) is 6.92 Å². The van der Waals surface area contributed by atoms with Crippen LogP contribution in [0.15, 0.2) is 4.99 Å². The zero-order valence-electron chi connectivity index (χ0n) is 6.04. The van der Waals surface area contributed by atoms with Crippen LogP contribution < -0.4 is 0 Å². The number of esters is 1. The lowest BCUT2D eigenvalue weighted by Crippen LogP contribution is -2.20. The SMILES string of the molecule is CC(=O)OC1CC=NCC1. The van der Waals surface area contributed by atoms with Crippen LogP contribution in [0.3, 0.4) is 0 Å². The van der Waals surface area contributed by atoms with E-state index >= 15 is 0 Å². The molecule has 0 fully saturated rings. The Morgan fingerprint density at radius 1 is 1.80 bits per heavy atom. The summed E-state index contributed by atoms with van der Waals surface area (Å²) in [5, 5.41) is 0. The van der Waals surface area contributed by atoms with Gasteiger partial charge in [0.2, 0.25) is 0 Å². The first-order valence-corrected chi connectivity index (χ1v) is 3.44. The van der Waals surface area contributed by atoms with Crippen LogP contribution in [0.5, 0.6) is 0 Å². The Morgan fingerprint density at radius 2 is 2.60 bits per heavy atom.